The van der Waals surface area contributed by atoms with Crippen molar-refractivity contribution in [3.05, 3.63) is 79.5 Å². The minimum absolute atomic E-state index is 0.106. The van der Waals surface area contributed by atoms with Gasteiger partial charge < -0.3 is 5.32 Å². The summed E-state index contributed by atoms with van der Waals surface area (Å²) in [6, 6.07) is 7.98. The molecule has 2 aromatic carbocycles. The summed E-state index contributed by atoms with van der Waals surface area (Å²) in [7, 11) is 0. The first-order chi connectivity index (χ1) is 14.5. The number of benzene rings is 2. The Morgan fingerprint density at radius 1 is 1.16 bits per heavy atom. The van der Waals surface area contributed by atoms with E-state index in [1.54, 1.807) is 6.92 Å². The van der Waals surface area contributed by atoms with E-state index in [-0.39, 0.29) is 34.6 Å². The summed E-state index contributed by atoms with van der Waals surface area (Å²) >= 11 is 6.03. The van der Waals surface area contributed by atoms with Crippen molar-refractivity contribution < 1.29 is 18.0 Å². The van der Waals surface area contributed by atoms with Crippen LogP contribution in [0, 0.1) is 0 Å². The molecule has 0 aliphatic carbocycles. The molecule has 0 fully saturated rings. The van der Waals surface area contributed by atoms with Crippen molar-refractivity contribution in [2.45, 2.75) is 39.2 Å². The lowest BCUT2D eigenvalue weighted by Gasteiger charge is -2.19. The molecule has 0 aliphatic rings. The highest BCUT2D eigenvalue weighted by atomic mass is 35.5. The number of alkyl halides is 3. The first-order valence-corrected chi connectivity index (χ1v) is 9.80. The van der Waals surface area contributed by atoms with Gasteiger partial charge in [-0.1, -0.05) is 23.7 Å². The average molecular weight is 454 g/mol. The first-order valence-electron chi connectivity index (χ1n) is 9.43. The van der Waals surface area contributed by atoms with Crippen LogP contribution in [0.5, 0.6) is 0 Å². The Labute approximate surface area is 179 Å². The van der Waals surface area contributed by atoms with Gasteiger partial charge in [-0.3, -0.25) is 18.7 Å². The van der Waals surface area contributed by atoms with Crippen molar-refractivity contribution in [1.82, 2.24) is 14.5 Å². The fourth-order valence-corrected chi connectivity index (χ4v) is 3.48. The third-order valence-corrected chi connectivity index (χ3v) is 5.17. The summed E-state index contributed by atoms with van der Waals surface area (Å²) in [5.41, 5.74) is -1.53. The number of carbonyl (C=O) groups excluding carboxylic acids is 1. The Balaban J connectivity index is 1.95. The minimum atomic E-state index is -4.49. The lowest BCUT2D eigenvalue weighted by atomic mass is 10.1. The zero-order valence-corrected chi connectivity index (χ0v) is 17.4. The van der Waals surface area contributed by atoms with Crippen LogP contribution in [0.2, 0.25) is 5.02 Å². The van der Waals surface area contributed by atoms with Gasteiger partial charge in [0.05, 0.1) is 16.5 Å². The fraction of sp³-hybridized carbons (Fsp3) is 0.286. The maximum absolute atomic E-state index is 12.9. The van der Waals surface area contributed by atoms with E-state index >= 15 is 0 Å². The normalized spacial score (nSPS) is 12.7. The van der Waals surface area contributed by atoms with Crippen molar-refractivity contribution in [3.8, 4) is 0 Å². The Morgan fingerprint density at radius 3 is 2.52 bits per heavy atom. The van der Waals surface area contributed by atoms with Crippen LogP contribution in [-0.2, 0) is 24.1 Å². The molecule has 0 unspecified atom stereocenters. The molecule has 1 N–H and O–H groups in total. The van der Waals surface area contributed by atoms with Gasteiger partial charge in [-0.05, 0) is 49.7 Å². The SMILES string of the molecule is CCn1c(=O)c2ccc(Cl)cc2n([C@@H](C)C(=O)NCc2cccc(C(F)(F)F)c2)c1=O. The molecule has 31 heavy (non-hydrogen) atoms. The molecule has 0 aliphatic heterocycles. The zero-order chi connectivity index (χ0) is 22.9. The largest absolute Gasteiger partial charge is 0.416 e. The highest BCUT2D eigenvalue weighted by molar-refractivity contribution is 6.31. The quantitative estimate of drug-likeness (QED) is 0.639. The van der Waals surface area contributed by atoms with Gasteiger partial charge in [0.15, 0.2) is 0 Å². The van der Waals surface area contributed by atoms with Crippen LogP contribution < -0.4 is 16.6 Å². The standard InChI is InChI=1S/C21H19ClF3N3O3/c1-3-27-19(30)16-8-7-15(22)10-17(16)28(20(27)31)12(2)18(29)26-11-13-5-4-6-14(9-13)21(23,24)25/h4-10,12H,3,11H2,1-2H3,(H,26,29)/t12-/m0/s1. The molecule has 1 aromatic heterocycles. The molecule has 0 radical (unpaired) electrons. The predicted octanol–water partition coefficient (Wildman–Crippen LogP) is 3.73. The summed E-state index contributed by atoms with van der Waals surface area (Å²) in [5, 5.41) is 3.06. The topological polar surface area (TPSA) is 73.1 Å². The maximum atomic E-state index is 12.9. The second kappa shape index (κ2) is 8.58. The van der Waals surface area contributed by atoms with Crippen LogP contribution >= 0.6 is 11.6 Å². The van der Waals surface area contributed by atoms with Gasteiger partial charge >= 0.3 is 11.9 Å². The molecule has 3 rings (SSSR count). The smallest absolute Gasteiger partial charge is 0.350 e. The maximum Gasteiger partial charge on any atom is 0.416 e. The molecule has 0 spiro atoms. The number of nitrogens with zero attached hydrogens (tertiary/aromatic N) is 2. The summed E-state index contributed by atoms with van der Waals surface area (Å²) in [5.74, 6) is -0.595. The van der Waals surface area contributed by atoms with E-state index in [9.17, 15) is 27.6 Å². The highest BCUT2D eigenvalue weighted by Gasteiger charge is 2.30. The van der Waals surface area contributed by atoms with E-state index in [0.717, 1.165) is 21.3 Å². The molecule has 0 bridgehead atoms. The number of hydrogen-bond acceptors (Lipinski definition) is 3. The van der Waals surface area contributed by atoms with E-state index in [4.69, 9.17) is 11.6 Å². The molecule has 1 heterocycles. The molecule has 164 valence electrons. The molecule has 3 aromatic rings. The molecule has 1 amide bonds. The summed E-state index contributed by atoms with van der Waals surface area (Å²) < 4.78 is 40.8. The van der Waals surface area contributed by atoms with Gasteiger partial charge in [0.1, 0.15) is 6.04 Å². The van der Waals surface area contributed by atoms with E-state index in [0.29, 0.717) is 0 Å². The minimum Gasteiger partial charge on any atom is -0.350 e. The van der Waals surface area contributed by atoms with Crippen molar-refractivity contribution in [3.63, 3.8) is 0 Å². The first kappa shape index (κ1) is 22.6. The number of nitrogens with one attached hydrogen (secondary N) is 1. The molecule has 10 heteroatoms. The summed E-state index contributed by atoms with van der Waals surface area (Å²) in [4.78, 5) is 38.2. The number of hydrogen-bond donors (Lipinski definition) is 1. The van der Waals surface area contributed by atoms with Gasteiger partial charge in [-0.25, -0.2) is 4.79 Å². The number of fused-ring (bicyclic) bond motifs is 1. The molecule has 0 saturated heterocycles. The van der Waals surface area contributed by atoms with E-state index in [1.165, 1.54) is 37.3 Å². The van der Waals surface area contributed by atoms with Crippen LogP contribution in [0.15, 0.2) is 52.1 Å². The Bertz CT molecular complexity index is 1260. The lowest BCUT2D eigenvalue weighted by molar-refractivity contribution is -0.137. The number of halogens is 4. The molecular formula is C21H19ClF3N3O3. The molecule has 6 nitrogen and oxygen atoms in total. The monoisotopic (exact) mass is 453 g/mol. The van der Waals surface area contributed by atoms with E-state index < -0.39 is 34.9 Å². The molecule has 1 atom stereocenters. The van der Waals surface area contributed by atoms with Crippen molar-refractivity contribution in [1.29, 1.82) is 0 Å². The van der Waals surface area contributed by atoms with Crippen LogP contribution in [0.25, 0.3) is 10.9 Å². The van der Waals surface area contributed by atoms with Crippen LogP contribution in [0.1, 0.15) is 31.0 Å². The van der Waals surface area contributed by atoms with E-state index in [1.807, 2.05) is 0 Å². The Kier molecular flexibility index (Phi) is 6.26. The van der Waals surface area contributed by atoms with Gasteiger partial charge in [0.2, 0.25) is 5.91 Å². The van der Waals surface area contributed by atoms with Crippen LogP contribution in [0.4, 0.5) is 13.2 Å². The fourth-order valence-electron chi connectivity index (χ4n) is 3.32. The van der Waals surface area contributed by atoms with Crippen molar-refractivity contribution in [2.75, 3.05) is 0 Å². The Morgan fingerprint density at radius 2 is 1.87 bits per heavy atom. The van der Waals surface area contributed by atoms with Gasteiger partial charge in [-0.15, -0.1) is 0 Å². The second-order valence-corrected chi connectivity index (χ2v) is 7.39. The van der Waals surface area contributed by atoms with Gasteiger partial charge in [0.25, 0.3) is 5.56 Å². The number of aromatic nitrogens is 2. The number of amides is 1. The summed E-state index contributed by atoms with van der Waals surface area (Å²) in [6.07, 6.45) is -4.49. The average Bonchev–Trinajstić information content (AvgIpc) is 2.71. The van der Waals surface area contributed by atoms with Crippen LogP contribution in [0.3, 0.4) is 0 Å². The van der Waals surface area contributed by atoms with Crippen LogP contribution in [-0.4, -0.2) is 15.0 Å². The number of carbonyl (C=O) groups is 1. The Hall–Kier alpha value is -3.07. The molecule has 0 saturated carbocycles. The lowest BCUT2D eigenvalue weighted by Crippen LogP contribution is -2.44. The number of rotatable bonds is 5. The van der Waals surface area contributed by atoms with E-state index in [2.05, 4.69) is 5.32 Å². The van der Waals surface area contributed by atoms with Crippen molar-refractivity contribution >= 4 is 28.4 Å². The third kappa shape index (κ3) is 4.51. The molecular weight excluding hydrogens is 435 g/mol. The van der Waals surface area contributed by atoms with Crippen molar-refractivity contribution in [2.24, 2.45) is 0 Å². The second-order valence-electron chi connectivity index (χ2n) is 6.96. The predicted molar refractivity (Wildman–Crippen MR) is 111 cm³/mol. The van der Waals surface area contributed by atoms with Gasteiger partial charge in [0, 0.05) is 18.1 Å². The van der Waals surface area contributed by atoms with Gasteiger partial charge in [-0.2, -0.15) is 13.2 Å². The highest BCUT2D eigenvalue weighted by Crippen LogP contribution is 2.29. The summed E-state index contributed by atoms with van der Waals surface area (Å²) in [6.45, 7) is 3.05. The third-order valence-electron chi connectivity index (χ3n) is 4.94. The zero-order valence-electron chi connectivity index (χ0n) is 16.7.